The van der Waals surface area contributed by atoms with E-state index < -0.39 is 6.29 Å². The van der Waals surface area contributed by atoms with E-state index in [4.69, 9.17) is 22.1 Å². The average Bonchev–Trinajstić information content (AvgIpc) is 2.05. The third-order valence-corrected chi connectivity index (χ3v) is 1.90. The Balaban J connectivity index is 2.37. The summed E-state index contributed by atoms with van der Waals surface area (Å²) in [7, 11) is 0. The quantitative estimate of drug-likeness (QED) is 0.436. The van der Waals surface area contributed by atoms with Crippen molar-refractivity contribution < 1.29 is 9.57 Å². The van der Waals surface area contributed by atoms with Crippen LogP contribution >= 0.6 is 0 Å². The Morgan fingerprint density at radius 1 is 1.45 bits per heavy atom. The summed E-state index contributed by atoms with van der Waals surface area (Å²) in [5.74, 6) is 4.96. The fraction of sp³-hybridized carbons (Fsp3) is 1.00. The third kappa shape index (κ3) is 2.11. The van der Waals surface area contributed by atoms with Gasteiger partial charge in [-0.3, -0.25) is 4.84 Å². The Morgan fingerprint density at radius 2 is 2.18 bits per heavy atom. The van der Waals surface area contributed by atoms with Crippen LogP contribution in [0.5, 0.6) is 0 Å². The lowest BCUT2D eigenvalue weighted by molar-refractivity contribution is -0.202. The molecule has 5 nitrogen and oxygen atoms in total. The molecule has 0 bridgehead atoms. The van der Waals surface area contributed by atoms with E-state index in [2.05, 4.69) is 4.84 Å². The molecule has 0 aromatic heterocycles. The monoisotopic (exact) mass is 161 g/mol. The van der Waals surface area contributed by atoms with Gasteiger partial charge in [0.2, 0.25) is 0 Å². The normalized spacial score (nSPS) is 39.0. The molecule has 0 amide bonds. The number of nitrogens with two attached hydrogens (primary N) is 3. The van der Waals surface area contributed by atoms with Gasteiger partial charge in [0.1, 0.15) is 0 Å². The van der Waals surface area contributed by atoms with Crippen LogP contribution in [0.2, 0.25) is 0 Å². The molecule has 1 rings (SSSR count). The molecule has 3 atom stereocenters. The molecule has 1 aliphatic heterocycles. The first kappa shape index (κ1) is 8.89. The van der Waals surface area contributed by atoms with E-state index in [1.54, 1.807) is 0 Å². The molecule has 0 spiro atoms. The molecule has 1 aliphatic rings. The molecule has 11 heavy (non-hydrogen) atoms. The Bertz CT molecular complexity index is 122. The van der Waals surface area contributed by atoms with Crippen molar-refractivity contribution in [2.24, 2.45) is 17.4 Å². The molecular formula is C6H15N3O2. The second-order valence-electron chi connectivity index (χ2n) is 2.74. The van der Waals surface area contributed by atoms with Crippen molar-refractivity contribution in [3.63, 3.8) is 0 Å². The van der Waals surface area contributed by atoms with Crippen LogP contribution in [0.15, 0.2) is 0 Å². The van der Waals surface area contributed by atoms with Gasteiger partial charge in [-0.25, -0.2) is 5.90 Å². The van der Waals surface area contributed by atoms with Crippen molar-refractivity contribution >= 4 is 0 Å². The van der Waals surface area contributed by atoms with Crippen LogP contribution in [0.1, 0.15) is 12.8 Å². The summed E-state index contributed by atoms with van der Waals surface area (Å²) < 4.78 is 5.30. The number of hydrogen-bond acceptors (Lipinski definition) is 5. The van der Waals surface area contributed by atoms with Gasteiger partial charge in [-0.2, -0.15) is 0 Å². The van der Waals surface area contributed by atoms with Crippen LogP contribution < -0.4 is 17.4 Å². The highest BCUT2D eigenvalue weighted by Gasteiger charge is 2.28. The number of ether oxygens (including phenoxy) is 1. The van der Waals surface area contributed by atoms with E-state index in [0.717, 1.165) is 12.8 Å². The first-order chi connectivity index (χ1) is 5.27. The predicted molar refractivity (Wildman–Crippen MR) is 40.2 cm³/mol. The van der Waals surface area contributed by atoms with Crippen molar-refractivity contribution in [3.8, 4) is 0 Å². The van der Waals surface area contributed by atoms with Crippen LogP contribution in [-0.4, -0.2) is 25.0 Å². The highest BCUT2D eigenvalue weighted by atomic mass is 16.8. The summed E-state index contributed by atoms with van der Waals surface area (Å²) in [5, 5.41) is 0. The molecular weight excluding hydrogens is 146 g/mol. The van der Waals surface area contributed by atoms with Gasteiger partial charge < -0.3 is 16.2 Å². The SMILES string of the molecule is NCC1CCC(N)[C@@H](ON)O1. The summed E-state index contributed by atoms with van der Waals surface area (Å²) in [6, 6.07) is -0.122. The fourth-order valence-corrected chi connectivity index (χ4v) is 1.18. The first-order valence-electron chi connectivity index (χ1n) is 3.74. The average molecular weight is 161 g/mol. The highest BCUT2D eigenvalue weighted by molar-refractivity contribution is 4.76. The maximum Gasteiger partial charge on any atom is 0.192 e. The third-order valence-electron chi connectivity index (χ3n) is 1.90. The van der Waals surface area contributed by atoms with Crippen molar-refractivity contribution in [1.29, 1.82) is 0 Å². The summed E-state index contributed by atoms with van der Waals surface area (Å²) in [4.78, 5) is 4.53. The molecule has 66 valence electrons. The summed E-state index contributed by atoms with van der Waals surface area (Å²) in [5.41, 5.74) is 11.0. The van der Waals surface area contributed by atoms with Crippen LogP contribution in [0.25, 0.3) is 0 Å². The van der Waals surface area contributed by atoms with E-state index in [1.165, 1.54) is 0 Å². The lowest BCUT2D eigenvalue weighted by atomic mass is 10.0. The van der Waals surface area contributed by atoms with Gasteiger partial charge in [0, 0.05) is 6.54 Å². The second kappa shape index (κ2) is 3.99. The molecule has 0 aromatic rings. The molecule has 0 saturated carbocycles. The Morgan fingerprint density at radius 3 is 2.73 bits per heavy atom. The van der Waals surface area contributed by atoms with Gasteiger partial charge in [0.15, 0.2) is 6.29 Å². The van der Waals surface area contributed by atoms with Crippen molar-refractivity contribution in [2.45, 2.75) is 31.3 Å². The largest absolute Gasteiger partial charge is 0.345 e. The zero-order chi connectivity index (χ0) is 8.27. The Hall–Kier alpha value is -0.200. The minimum Gasteiger partial charge on any atom is -0.345 e. The van der Waals surface area contributed by atoms with Gasteiger partial charge >= 0.3 is 0 Å². The fourth-order valence-electron chi connectivity index (χ4n) is 1.18. The molecule has 2 unspecified atom stereocenters. The van der Waals surface area contributed by atoms with E-state index in [-0.39, 0.29) is 12.1 Å². The first-order valence-corrected chi connectivity index (χ1v) is 3.74. The summed E-state index contributed by atoms with van der Waals surface area (Å²) in [6.07, 6.45) is 1.29. The van der Waals surface area contributed by atoms with Crippen LogP contribution in [0, 0.1) is 0 Å². The summed E-state index contributed by atoms with van der Waals surface area (Å²) in [6.45, 7) is 0.493. The number of hydrogen-bond donors (Lipinski definition) is 3. The van der Waals surface area contributed by atoms with Gasteiger partial charge in [0.25, 0.3) is 0 Å². The summed E-state index contributed by atoms with van der Waals surface area (Å²) >= 11 is 0. The standard InChI is InChI=1S/C6H15N3O2/c7-3-4-1-2-5(8)6(10-4)11-9/h4-6H,1-3,7-9H2/t4?,5?,6-/m1/s1. The maximum atomic E-state index is 5.64. The van der Waals surface area contributed by atoms with E-state index in [1.807, 2.05) is 0 Å². The maximum absolute atomic E-state index is 5.64. The van der Waals surface area contributed by atoms with Gasteiger partial charge in [-0.15, -0.1) is 0 Å². The molecule has 0 radical (unpaired) electrons. The molecule has 6 N–H and O–H groups in total. The second-order valence-corrected chi connectivity index (χ2v) is 2.74. The molecule has 0 aliphatic carbocycles. The predicted octanol–water partition coefficient (Wildman–Crippen LogP) is -1.33. The lowest BCUT2D eigenvalue weighted by Gasteiger charge is -2.32. The van der Waals surface area contributed by atoms with E-state index in [0.29, 0.717) is 6.54 Å². The van der Waals surface area contributed by atoms with Crippen LogP contribution in [0.3, 0.4) is 0 Å². The topological polar surface area (TPSA) is 96.5 Å². The van der Waals surface area contributed by atoms with Gasteiger partial charge in [-0.05, 0) is 12.8 Å². The van der Waals surface area contributed by atoms with Crippen molar-refractivity contribution in [1.82, 2.24) is 0 Å². The molecule has 1 saturated heterocycles. The van der Waals surface area contributed by atoms with Crippen LogP contribution in [0.4, 0.5) is 0 Å². The van der Waals surface area contributed by atoms with E-state index >= 15 is 0 Å². The smallest absolute Gasteiger partial charge is 0.192 e. The Kier molecular flexibility index (Phi) is 3.22. The van der Waals surface area contributed by atoms with Gasteiger partial charge in [0.05, 0.1) is 12.1 Å². The van der Waals surface area contributed by atoms with Crippen LogP contribution in [-0.2, 0) is 9.57 Å². The van der Waals surface area contributed by atoms with Gasteiger partial charge in [-0.1, -0.05) is 0 Å². The van der Waals surface area contributed by atoms with Crippen molar-refractivity contribution in [3.05, 3.63) is 0 Å². The zero-order valence-corrected chi connectivity index (χ0v) is 6.40. The van der Waals surface area contributed by atoms with E-state index in [9.17, 15) is 0 Å². The zero-order valence-electron chi connectivity index (χ0n) is 6.40. The number of rotatable bonds is 2. The van der Waals surface area contributed by atoms with Crippen molar-refractivity contribution in [2.75, 3.05) is 6.54 Å². The molecule has 5 heteroatoms. The lowest BCUT2D eigenvalue weighted by Crippen LogP contribution is -2.48. The molecule has 0 aromatic carbocycles. The molecule has 1 heterocycles. The minimum atomic E-state index is -0.489. The Labute approximate surface area is 65.8 Å². The molecule has 1 fully saturated rings. The highest BCUT2D eigenvalue weighted by Crippen LogP contribution is 2.17. The minimum absolute atomic E-state index is 0.0448.